The van der Waals surface area contributed by atoms with Crippen molar-refractivity contribution in [1.82, 2.24) is 5.32 Å². The van der Waals surface area contributed by atoms with Crippen LogP contribution in [0.2, 0.25) is 0 Å². The Bertz CT molecular complexity index is 1680. The smallest absolute Gasteiger partial charge is 0.194 e. The van der Waals surface area contributed by atoms with E-state index in [-0.39, 0.29) is 57.3 Å². The number of Topliss-reactive ketones (excluding diaryl/α,β-unsaturated/α-hetero) is 2. The normalized spacial score (nSPS) is 38.6. The van der Waals surface area contributed by atoms with Crippen molar-refractivity contribution in [3.05, 3.63) is 39.8 Å². The summed E-state index contributed by atoms with van der Waals surface area (Å²) in [4.78, 5) is 51.9. The van der Waals surface area contributed by atoms with Gasteiger partial charge in [-0.05, 0) is 72.6 Å². The van der Waals surface area contributed by atoms with Gasteiger partial charge in [0.2, 0.25) is 0 Å². The fraction of sp³-hybridized carbons (Fsp3) is 0.649. The van der Waals surface area contributed by atoms with Crippen LogP contribution in [-0.4, -0.2) is 71.1 Å². The summed E-state index contributed by atoms with van der Waals surface area (Å²) in [5.74, 6) is -1.44. The van der Waals surface area contributed by atoms with Crippen LogP contribution in [0.25, 0.3) is 0 Å². The molecule has 9 atom stereocenters. The number of nitrogens with one attached hydrogen (secondary N) is 1. The maximum Gasteiger partial charge on any atom is 0.194 e. The summed E-state index contributed by atoms with van der Waals surface area (Å²) in [6, 6.07) is 0. The Hall–Kier alpha value is -3.29. The van der Waals surface area contributed by atoms with Crippen molar-refractivity contribution in [2.75, 3.05) is 19.8 Å². The summed E-state index contributed by atoms with van der Waals surface area (Å²) in [5, 5.41) is 24.8. The van der Waals surface area contributed by atoms with Gasteiger partial charge in [0.1, 0.15) is 39.6 Å². The summed E-state index contributed by atoms with van der Waals surface area (Å²) in [5.41, 5.74) is -2.35. The lowest BCUT2D eigenvalue weighted by molar-refractivity contribution is -0.495. The van der Waals surface area contributed by atoms with Crippen molar-refractivity contribution in [2.24, 2.45) is 23.7 Å². The van der Waals surface area contributed by atoms with Gasteiger partial charge in [-0.2, -0.15) is 0 Å². The first kappa shape index (κ1) is 34.2. The van der Waals surface area contributed by atoms with Gasteiger partial charge in [-0.25, -0.2) is 9.78 Å². The van der Waals surface area contributed by atoms with Crippen molar-refractivity contribution in [3.8, 4) is 17.2 Å². The highest BCUT2D eigenvalue weighted by Crippen LogP contribution is 2.61. The number of carbonyl (C=O) groups excluding carboxylic acids is 3. The Morgan fingerprint density at radius 2 is 1.82 bits per heavy atom. The van der Waals surface area contributed by atoms with E-state index in [1.54, 1.807) is 13.8 Å². The molecule has 7 aliphatic rings. The molecule has 1 saturated carbocycles. The lowest BCUT2D eigenvalue weighted by Crippen LogP contribution is -2.69. The maximum absolute atomic E-state index is 14.0. The van der Waals surface area contributed by atoms with E-state index < -0.39 is 52.3 Å². The number of ether oxygens (including phenoxy) is 4. The van der Waals surface area contributed by atoms with Gasteiger partial charge in [-0.15, -0.1) is 0 Å². The van der Waals surface area contributed by atoms with Crippen LogP contribution in [0.1, 0.15) is 95.1 Å². The minimum absolute atomic E-state index is 0.00706. The fourth-order valence-electron chi connectivity index (χ4n) is 9.20. The summed E-state index contributed by atoms with van der Waals surface area (Å²) in [6.45, 7) is 13.8. The largest absolute Gasteiger partial charge is 0.507 e. The molecule has 2 aliphatic carbocycles. The minimum Gasteiger partial charge on any atom is -0.507 e. The third-order valence-corrected chi connectivity index (χ3v) is 12.1. The van der Waals surface area contributed by atoms with Crippen LogP contribution in [0.5, 0.6) is 17.2 Å². The SMILES string of the molecule is CC(=O)c1c(O)c(C)c(O)c2c1OC1=CC(=O)/C(=C(/C)NCCCCOC3O[C@@H]4OCC5(C)CC6[C@H](C)CC[C@@H]([C@H]3C)[C@]64OO5)C(=O)[C@@]12C. The molecule has 5 heterocycles. The van der Waals surface area contributed by atoms with Gasteiger partial charge in [-0.3, -0.25) is 14.4 Å². The van der Waals surface area contributed by atoms with E-state index in [0.29, 0.717) is 44.2 Å². The number of unbranched alkanes of at least 4 members (excludes halogenated alkanes) is 1. The Kier molecular flexibility index (Phi) is 8.30. The Labute approximate surface area is 286 Å². The third-order valence-electron chi connectivity index (χ3n) is 12.1. The molecule has 1 aromatic carbocycles. The van der Waals surface area contributed by atoms with Crippen LogP contribution < -0.4 is 10.1 Å². The van der Waals surface area contributed by atoms with Gasteiger partial charge >= 0.3 is 0 Å². The molecule has 4 saturated heterocycles. The quantitative estimate of drug-likeness (QED) is 0.113. The summed E-state index contributed by atoms with van der Waals surface area (Å²) in [6.07, 6.45) is 4.61. The number of benzene rings is 1. The van der Waals surface area contributed by atoms with E-state index in [9.17, 15) is 24.6 Å². The van der Waals surface area contributed by atoms with Crippen LogP contribution >= 0.6 is 0 Å². The fourth-order valence-corrected chi connectivity index (χ4v) is 9.20. The number of hydrogen-bond acceptors (Lipinski definition) is 12. The van der Waals surface area contributed by atoms with E-state index in [2.05, 4.69) is 19.2 Å². The Balaban J connectivity index is 0.990. The zero-order chi connectivity index (χ0) is 35.2. The Morgan fingerprint density at radius 3 is 2.55 bits per heavy atom. The second kappa shape index (κ2) is 11.9. The molecule has 49 heavy (non-hydrogen) atoms. The van der Waals surface area contributed by atoms with E-state index >= 15 is 0 Å². The molecule has 3 unspecified atom stereocenters. The summed E-state index contributed by atoms with van der Waals surface area (Å²) >= 11 is 0. The molecule has 12 nitrogen and oxygen atoms in total. The number of rotatable bonds is 8. The first-order chi connectivity index (χ1) is 23.2. The topological polar surface area (TPSA) is 159 Å². The zero-order valence-corrected chi connectivity index (χ0v) is 29.3. The molecule has 0 radical (unpaired) electrons. The molecule has 12 heteroatoms. The van der Waals surface area contributed by atoms with Gasteiger partial charge in [0.15, 0.2) is 35.5 Å². The van der Waals surface area contributed by atoms with Crippen LogP contribution in [0.4, 0.5) is 0 Å². The van der Waals surface area contributed by atoms with Crippen molar-refractivity contribution in [2.45, 2.75) is 110 Å². The first-order valence-electron chi connectivity index (χ1n) is 17.4. The van der Waals surface area contributed by atoms with Crippen molar-refractivity contribution >= 4 is 17.3 Å². The van der Waals surface area contributed by atoms with Crippen molar-refractivity contribution < 1.29 is 53.3 Å². The number of phenolic OH excluding ortho intramolecular Hbond substituents is 2. The second-order valence-corrected chi connectivity index (χ2v) is 15.3. The maximum atomic E-state index is 14.0. The second-order valence-electron chi connectivity index (χ2n) is 15.3. The molecule has 266 valence electrons. The van der Waals surface area contributed by atoms with Crippen LogP contribution in [-0.2, 0) is 39.0 Å². The van der Waals surface area contributed by atoms with E-state index in [4.69, 9.17) is 28.7 Å². The number of fused-ring (bicyclic) bond motifs is 5. The van der Waals surface area contributed by atoms with E-state index in [0.717, 1.165) is 19.3 Å². The number of allylic oxidation sites excluding steroid dienone is 4. The third kappa shape index (κ3) is 4.92. The number of carbonyl (C=O) groups is 3. The molecule has 5 aliphatic heterocycles. The molecule has 1 aromatic rings. The van der Waals surface area contributed by atoms with Crippen LogP contribution in [0.3, 0.4) is 0 Å². The standard InChI is InChI=1S/C37H47NO11/c1-17-10-11-22-18(2)33(47-34-37(22)23(17)15-35(6,16-45-34)48-49-37)44-13-9-8-12-38-20(4)26-24(40)14-25-36(7,32(26)43)28-30(42)19(3)29(41)27(21(5)39)31(28)46-25/h14,17-18,22-23,33-34,38,41-42H,8-13,15-16H2,1-7H3/b26-20+/t17-,18-,22+,23?,33?,34+,35?,36+,37+/m1/s1. The highest BCUT2D eigenvalue weighted by atomic mass is 17.2. The van der Waals surface area contributed by atoms with Gasteiger partial charge in [0.25, 0.3) is 0 Å². The molecular formula is C37H47NO11. The number of aromatic hydroxyl groups is 2. The molecule has 3 N–H and O–H groups in total. The van der Waals surface area contributed by atoms with Gasteiger partial charge in [-0.1, -0.05) is 13.8 Å². The summed E-state index contributed by atoms with van der Waals surface area (Å²) < 4.78 is 24.9. The monoisotopic (exact) mass is 681 g/mol. The van der Waals surface area contributed by atoms with Crippen LogP contribution in [0.15, 0.2) is 23.1 Å². The lowest BCUT2D eigenvalue weighted by atomic mass is 9.57. The molecule has 8 rings (SSSR count). The molecule has 5 fully saturated rings. The zero-order valence-electron chi connectivity index (χ0n) is 29.3. The highest BCUT2D eigenvalue weighted by Gasteiger charge is 2.69. The van der Waals surface area contributed by atoms with Gasteiger partial charge in [0, 0.05) is 48.2 Å². The predicted molar refractivity (Wildman–Crippen MR) is 174 cm³/mol. The first-order valence-corrected chi connectivity index (χ1v) is 17.4. The minimum atomic E-state index is -1.55. The average molecular weight is 682 g/mol. The number of ketones is 3. The van der Waals surface area contributed by atoms with Crippen molar-refractivity contribution in [1.29, 1.82) is 0 Å². The van der Waals surface area contributed by atoms with E-state index in [1.807, 2.05) is 6.92 Å². The average Bonchev–Trinajstić information content (AvgIpc) is 3.17. The molecule has 2 bridgehead atoms. The molecule has 0 amide bonds. The Morgan fingerprint density at radius 1 is 1.06 bits per heavy atom. The van der Waals surface area contributed by atoms with Gasteiger partial charge < -0.3 is 34.5 Å². The molecular weight excluding hydrogens is 634 g/mol. The van der Waals surface area contributed by atoms with Crippen LogP contribution in [0, 0.1) is 30.6 Å². The van der Waals surface area contributed by atoms with Crippen molar-refractivity contribution in [3.63, 3.8) is 0 Å². The molecule has 1 spiro atoms. The van der Waals surface area contributed by atoms with Gasteiger partial charge in [0.05, 0.1) is 17.7 Å². The number of hydrogen-bond donors (Lipinski definition) is 3. The van der Waals surface area contributed by atoms with E-state index in [1.165, 1.54) is 19.9 Å². The highest BCUT2D eigenvalue weighted by molar-refractivity contribution is 6.31. The molecule has 0 aromatic heterocycles. The number of phenols is 2. The summed E-state index contributed by atoms with van der Waals surface area (Å²) in [7, 11) is 0. The lowest BCUT2D eigenvalue weighted by Gasteiger charge is -2.60. The predicted octanol–water partition coefficient (Wildman–Crippen LogP) is 4.82.